The standard InChI is InChI=1S/C16H16BNO3/c1-11-2-4-12(5-3-11)8-16(19)18-14-7-6-13-10-21-17(20)15(13)9-14/h2-7,9,20H,8,10H2,1H3,(H,18,19). The van der Waals surface area contributed by atoms with Gasteiger partial charge in [-0.2, -0.15) is 0 Å². The highest BCUT2D eigenvalue weighted by molar-refractivity contribution is 6.61. The number of benzene rings is 2. The van der Waals surface area contributed by atoms with Crippen molar-refractivity contribution in [2.45, 2.75) is 20.0 Å². The average molecular weight is 281 g/mol. The van der Waals surface area contributed by atoms with E-state index in [9.17, 15) is 9.82 Å². The summed E-state index contributed by atoms with van der Waals surface area (Å²) < 4.78 is 5.13. The third-order valence-electron chi connectivity index (χ3n) is 3.58. The van der Waals surface area contributed by atoms with Crippen LogP contribution in [0.4, 0.5) is 5.69 Å². The molecule has 4 nitrogen and oxygen atoms in total. The smallest absolute Gasteiger partial charge is 0.423 e. The minimum atomic E-state index is -0.894. The van der Waals surface area contributed by atoms with Crippen molar-refractivity contribution < 1.29 is 14.5 Å². The quantitative estimate of drug-likeness (QED) is 0.836. The van der Waals surface area contributed by atoms with E-state index in [1.165, 1.54) is 5.56 Å². The lowest BCUT2D eigenvalue weighted by Gasteiger charge is -2.07. The van der Waals surface area contributed by atoms with E-state index in [4.69, 9.17) is 4.65 Å². The van der Waals surface area contributed by atoms with Crippen LogP contribution < -0.4 is 10.8 Å². The molecule has 1 aliphatic heterocycles. The lowest BCUT2D eigenvalue weighted by Crippen LogP contribution is -2.28. The predicted molar refractivity (Wildman–Crippen MR) is 82.4 cm³/mol. The van der Waals surface area contributed by atoms with Gasteiger partial charge in [-0.1, -0.05) is 35.9 Å². The number of nitrogens with one attached hydrogen (secondary N) is 1. The molecule has 1 amide bonds. The van der Waals surface area contributed by atoms with Gasteiger partial charge in [0.05, 0.1) is 13.0 Å². The molecule has 0 aliphatic carbocycles. The van der Waals surface area contributed by atoms with Crippen molar-refractivity contribution in [1.29, 1.82) is 0 Å². The number of carbonyl (C=O) groups excluding carboxylic acids is 1. The van der Waals surface area contributed by atoms with Gasteiger partial charge in [0.1, 0.15) is 0 Å². The highest BCUT2D eigenvalue weighted by atomic mass is 16.5. The normalized spacial score (nSPS) is 13.1. The Balaban J connectivity index is 1.68. The molecule has 2 aromatic carbocycles. The van der Waals surface area contributed by atoms with Crippen LogP contribution in [0.5, 0.6) is 0 Å². The van der Waals surface area contributed by atoms with E-state index in [2.05, 4.69) is 5.32 Å². The molecule has 0 radical (unpaired) electrons. The number of carbonyl (C=O) groups is 1. The van der Waals surface area contributed by atoms with E-state index < -0.39 is 7.12 Å². The molecule has 0 aromatic heterocycles. The van der Waals surface area contributed by atoms with Crippen molar-refractivity contribution in [2.24, 2.45) is 0 Å². The Kier molecular flexibility index (Phi) is 3.77. The van der Waals surface area contributed by atoms with Crippen LogP contribution in [0.3, 0.4) is 0 Å². The van der Waals surface area contributed by atoms with Crippen LogP contribution in [0.2, 0.25) is 0 Å². The van der Waals surface area contributed by atoms with E-state index in [-0.39, 0.29) is 5.91 Å². The van der Waals surface area contributed by atoms with Gasteiger partial charge in [0, 0.05) is 5.69 Å². The summed E-state index contributed by atoms with van der Waals surface area (Å²) in [6, 6.07) is 13.3. The molecule has 5 heteroatoms. The van der Waals surface area contributed by atoms with Crippen LogP contribution in [0.1, 0.15) is 16.7 Å². The Hall–Kier alpha value is -2.11. The second-order valence-electron chi connectivity index (χ2n) is 5.29. The second kappa shape index (κ2) is 5.72. The minimum absolute atomic E-state index is 0.0767. The van der Waals surface area contributed by atoms with Crippen molar-refractivity contribution in [3.05, 3.63) is 59.2 Å². The lowest BCUT2D eigenvalue weighted by molar-refractivity contribution is -0.115. The van der Waals surface area contributed by atoms with Crippen LogP contribution in [0, 0.1) is 6.92 Å². The van der Waals surface area contributed by atoms with Crippen LogP contribution in [-0.2, 0) is 22.5 Å². The Morgan fingerprint density at radius 1 is 1.29 bits per heavy atom. The summed E-state index contributed by atoms with van der Waals surface area (Å²) in [7, 11) is -0.894. The number of hydrogen-bond acceptors (Lipinski definition) is 3. The minimum Gasteiger partial charge on any atom is -0.423 e. The molecule has 1 heterocycles. The Labute approximate surface area is 123 Å². The van der Waals surface area contributed by atoms with Gasteiger partial charge in [0.25, 0.3) is 0 Å². The molecule has 0 unspecified atom stereocenters. The van der Waals surface area contributed by atoms with E-state index in [1.807, 2.05) is 43.3 Å². The Morgan fingerprint density at radius 3 is 2.81 bits per heavy atom. The van der Waals surface area contributed by atoms with Gasteiger partial charge < -0.3 is 15.0 Å². The molecular formula is C16H16BNO3. The molecule has 21 heavy (non-hydrogen) atoms. The zero-order chi connectivity index (χ0) is 14.8. The highest BCUT2D eigenvalue weighted by Gasteiger charge is 2.27. The predicted octanol–water partition coefficient (Wildman–Crippen LogP) is 1.39. The van der Waals surface area contributed by atoms with Crippen molar-refractivity contribution >= 4 is 24.2 Å². The summed E-state index contributed by atoms with van der Waals surface area (Å²) in [5.41, 5.74) is 4.51. The first kappa shape index (κ1) is 13.9. The second-order valence-corrected chi connectivity index (χ2v) is 5.29. The van der Waals surface area contributed by atoms with Gasteiger partial charge in [-0.05, 0) is 35.6 Å². The summed E-state index contributed by atoms with van der Waals surface area (Å²) >= 11 is 0. The molecule has 0 bridgehead atoms. The molecule has 0 fully saturated rings. The van der Waals surface area contributed by atoms with E-state index in [0.717, 1.165) is 16.6 Å². The third-order valence-corrected chi connectivity index (χ3v) is 3.58. The van der Waals surface area contributed by atoms with Gasteiger partial charge in [0.2, 0.25) is 5.91 Å². The van der Waals surface area contributed by atoms with E-state index in [0.29, 0.717) is 18.7 Å². The van der Waals surface area contributed by atoms with Gasteiger partial charge >= 0.3 is 7.12 Å². The fourth-order valence-corrected chi connectivity index (χ4v) is 2.39. The monoisotopic (exact) mass is 281 g/mol. The van der Waals surface area contributed by atoms with Crippen molar-refractivity contribution in [2.75, 3.05) is 5.32 Å². The molecule has 0 saturated heterocycles. The van der Waals surface area contributed by atoms with Crippen molar-refractivity contribution in [3.8, 4) is 0 Å². The molecule has 106 valence electrons. The van der Waals surface area contributed by atoms with Gasteiger partial charge in [-0.3, -0.25) is 4.79 Å². The van der Waals surface area contributed by atoms with Crippen molar-refractivity contribution in [3.63, 3.8) is 0 Å². The summed E-state index contributed by atoms with van der Waals surface area (Å²) in [4.78, 5) is 12.0. The first-order valence-electron chi connectivity index (χ1n) is 6.90. The summed E-state index contributed by atoms with van der Waals surface area (Å²) in [5.74, 6) is -0.0767. The van der Waals surface area contributed by atoms with Crippen LogP contribution in [-0.4, -0.2) is 18.0 Å². The summed E-state index contributed by atoms with van der Waals surface area (Å²) in [5, 5.41) is 12.5. The summed E-state index contributed by atoms with van der Waals surface area (Å²) in [6.07, 6.45) is 0.330. The first-order chi connectivity index (χ1) is 10.1. The van der Waals surface area contributed by atoms with Gasteiger partial charge in [0.15, 0.2) is 0 Å². The van der Waals surface area contributed by atoms with E-state index >= 15 is 0 Å². The third kappa shape index (κ3) is 3.15. The van der Waals surface area contributed by atoms with Crippen LogP contribution in [0.25, 0.3) is 0 Å². The van der Waals surface area contributed by atoms with Gasteiger partial charge in [-0.15, -0.1) is 0 Å². The number of amides is 1. The molecule has 0 saturated carbocycles. The maximum atomic E-state index is 12.0. The maximum absolute atomic E-state index is 12.0. The number of rotatable bonds is 3. The molecule has 3 rings (SSSR count). The molecule has 1 aliphatic rings. The molecule has 0 spiro atoms. The zero-order valence-corrected chi connectivity index (χ0v) is 11.8. The first-order valence-corrected chi connectivity index (χ1v) is 6.90. The number of hydrogen-bond donors (Lipinski definition) is 2. The number of anilines is 1. The fraction of sp³-hybridized carbons (Fsp3) is 0.188. The number of fused-ring (bicyclic) bond motifs is 1. The Morgan fingerprint density at radius 2 is 2.05 bits per heavy atom. The maximum Gasteiger partial charge on any atom is 0.491 e. The van der Waals surface area contributed by atoms with Crippen LogP contribution in [0.15, 0.2) is 42.5 Å². The summed E-state index contributed by atoms with van der Waals surface area (Å²) in [6.45, 7) is 2.43. The van der Waals surface area contributed by atoms with E-state index in [1.54, 1.807) is 6.07 Å². The largest absolute Gasteiger partial charge is 0.491 e. The zero-order valence-electron chi connectivity index (χ0n) is 11.8. The molecule has 0 atom stereocenters. The van der Waals surface area contributed by atoms with Crippen LogP contribution >= 0.6 is 0 Å². The molecule has 2 aromatic rings. The van der Waals surface area contributed by atoms with Gasteiger partial charge in [-0.25, -0.2) is 0 Å². The molecular weight excluding hydrogens is 265 g/mol. The van der Waals surface area contributed by atoms with Crippen molar-refractivity contribution in [1.82, 2.24) is 0 Å². The molecule has 2 N–H and O–H groups in total. The number of aryl methyl sites for hydroxylation is 1. The lowest BCUT2D eigenvalue weighted by atomic mass is 9.79. The fourth-order valence-electron chi connectivity index (χ4n) is 2.39. The topological polar surface area (TPSA) is 58.6 Å². The highest BCUT2D eigenvalue weighted by Crippen LogP contribution is 2.15. The Bertz CT molecular complexity index is 670. The SMILES string of the molecule is Cc1ccc(CC(=O)Nc2ccc3c(c2)B(O)OC3)cc1. The average Bonchev–Trinajstić information content (AvgIpc) is 2.83.